The van der Waals surface area contributed by atoms with Crippen molar-refractivity contribution in [2.45, 2.75) is 45.8 Å². The molecule has 25 heavy (non-hydrogen) atoms. The van der Waals surface area contributed by atoms with Crippen LogP contribution in [-0.2, 0) is 11.2 Å². The van der Waals surface area contributed by atoms with Gasteiger partial charge in [0.15, 0.2) is 0 Å². The Balaban J connectivity index is 1.90. The van der Waals surface area contributed by atoms with Crippen LogP contribution in [0.2, 0.25) is 0 Å². The maximum absolute atomic E-state index is 13.5. The van der Waals surface area contributed by atoms with E-state index in [2.05, 4.69) is 10.2 Å². The molecule has 0 saturated carbocycles. The van der Waals surface area contributed by atoms with Gasteiger partial charge in [0.25, 0.3) is 0 Å². The lowest BCUT2D eigenvalue weighted by atomic mass is 9.96. The molecule has 1 atom stereocenters. The number of hydrogen-bond donors (Lipinski definition) is 1. The van der Waals surface area contributed by atoms with Gasteiger partial charge in [-0.05, 0) is 46.2 Å². The minimum Gasteiger partial charge on any atom is -0.444 e. The molecule has 5 nitrogen and oxygen atoms in total. The summed E-state index contributed by atoms with van der Waals surface area (Å²) in [5.74, 6) is -1.29. The van der Waals surface area contributed by atoms with Crippen LogP contribution in [0.1, 0.15) is 45.0 Å². The summed E-state index contributed by atoms with van der Waals surface area (Å²) in [5.41, 5.74) is 1.96. The molecule has 0 saturated heterocycles. The average molecular weight is 349 g/mol. The van der Waals surface area contributed by atoms with Crippen LogP contribution in [0.15, 0.2) is 18.2 Å². The van der Waals surface area contributed by atoms with Crippen LogP contribution >= 0.6 is 0 Å². The zero-order valence-corrected chi connectivity index (χ0v) is 14.7. The molecule has 134 valence electrons. The van der Waals surface area contributed by atoms with Crippen molar-refractivity contribution in [3.63, 3.8) is 0 Å². The molecule has 2 heterocycles. The van der Waals surface area contributed by atoms with Crippen molar-refractivity contribution in [2.24, 2.45) is 0 Å². The van der Waals surface area contributed by atoms with Crippen LogP contribution in [0.4, 0.5) is 13.6 Å². The first-order valence-electron chi connectivity index (χ1n) is 8.19. The number of rotatable bonds is 1. The number of amides is 1. The Morgan fingerprint density at radius 1 is 1.28 bits per heavy atom. The number of H-pyrrole nitrogens is 1. The maximum Gasteiger partial charge on any atom is 0.410 e. The third kappa shape index (κ3) is 3.50. The molecular weight excluding hydrogens is 328 g/mol. The molecule has 1 aromatic carbocycles. The quantitative estimate of drug-likeness (QED) is 0.839. The Morgan fingerprint density at radius 3 is 2.52 bits per heavy atom. The molecule has 1 N–H and O–H groups in total. The lowest BCUT2D eigenvalue weighted by molar-refractivity contribution is 0.0156. The molecule has 1 amide bonds. The Hall–Kier alpha value is -2.44. The number of benzene rings is 1. The van der Waals surface area contributed by atoms with Crippen LogP contribution in [0.3, 0.4) is 0 Å². The number of carbonyl (C=O) groups excluding carboxylic acids is 1. The van der Waals surface area contributed by atoms with Gasteiger partial charge < -0.3 is 4.74 Å². The zero-order valence-electron chi connectivity index (χ0n) is 14.7. The lowest BCUT2D eigenvalue weighted by Gasteiger charge is -2.34. The second-order valence-corrected chi connectivity index (χ2v) is 7.22. The molecule has 1 aliphatic rings. The number of nitrogens with one attached hydrogen (secondary N) is 1. The van der Waals surface area contributed by atoms with E-state index in [4.69, 9.17) is 4.74 Å². The zero-order chi connectivity index (χ0) is 18.4. The minimum absolute atomic E-state index is 0.266. The van der Waals surface area contributed by atoms with E-state index in [0.29, 0.717) is 24.2 Å². The van der Waals surface area contributed by atoms with Gasteiger partial charge in [0, 0.05) is 23.7 Å². The third-order valence-corrected chi connectivity index (χ3v) is 4.15. The van der Waals surface area contributed by atoms with E-state index >= 15 is 0 Å². The first-order valence-corrected chi connectivity index (χ1v) is 8.19. The molecule has 2 aromatic rings. The predicted molar refractivity (Wildman–Crippen MR) is 89.0 cm³/mol. The highest BCUT2D eigenvalue weighted by atomic mass is 19.1. The maximum atomic E-state index is 13.5. The first-order chi connectivity index (χ1) is 11.7. The van der Waals surface area contributed by atoms with E-state index in [-0.39, 0.29) is 6.04 Å². The van der Waals surface area contributed by atoms with Crippen molar-refractivity contribution in [1.82, 2.24) is 15.1 Å². The smallest absolute Gasteiger partial charge is 0.410 e. The average Bonchev–Trinajstić information content (AvgIpc) is 2.89. The van der Waals surface area contributed by atoms with Crippen LogP contribution in [0.5, 0.6) is 0 Å². The molecule has 1 unspecified atom stereocenters. The highest BCUT2D eigenvalue weighted by molar-refractivity contribution is 5.71. The molecule has 0 fully saturated rings. The molecule has 3 rings (SSSR count). The standard InChI is InChI=1S/C18H21F2N3O2/c1-10-15-14(5-6-23(10)17(24)25-18(2,3)4)16(22-21-15)11-7-12(19)9-13(20)8-11/h7-10H,5-6H2,1-4H3,(H,21,22). The molecule has 7 heteroatoms. The number of halogens is 2. The summed E-state index contributed by atoms with van der Waals surface area (Å²) >= 11 is 0. The molecule has 0 radical (unpaired) electrons. The first kappa shape index (κ1) is 17.4. The molecule has 1 aromatic heterocycles. The van der Waals surface area contributed by atoms with E-state index < -0.39 is 23.3 Å². The Morgan fingerprint density at radius 2 is 1.92 bits per heavy atom. The second-order valence-electron chi connectivity index (χ2n) is 7.22. The summed E-state index contributed by atoms with van der Waals surface area (Å²) in [6.45, 7) is 7.77. The van der Waals surface area contributed by atoms with Gasteiger partial charge in [-0.2, -0.15) is 5.10 Å². The SMILES string of the molecule is CC1c2[nH]nc(-c3cc(F)cc(F)c3)c2CCN1C(=O)OC(C)(C)C. The van der Waals surface area contributed by atoms with Crippen LogP contribution in [-0.4, -0.2) is 33.3 Å². The summed E-state index contributed by atoms with van der Waals surface area (Å²) in [5, 5.41) is 7.15. The summed E-state index contributed by atoms with van der Waals surface area (Å²) in [7, 11) is 0. The van der Waals surface area contributed by atoms with Gasteiger partial charge >= 0.3 is 6.09 Å². The summed E-state index contributed by atoms with van der Waals surface area (Å²) in [6.07, 6.45) is 0.140. The van der Waals surface area contributed by atoms with Gasteiger partial charge in [-0.1, -0.05) is 0 Å². The molecule has 0 spiro atoms. The molecule has 0 aliphatic carbocycles. The van der Waals surface area contributed by atoms with E-state index in [1.54, 1.807) is 4.90 Å². The Kier molecular flexibility index (Phi) is 4.26. The van der Waals surface area contributed by atoms with Crippen molar-refractivity contribution >= 4 is 6.09 Å². The van der Waals surface area contributed by atoms with Gasteiger partial charge in [-0.25, -0.2) is 13.6 Å². The normalized spacial score (nSPS) is 17.4. The fourth-order valence-corrected chi connectivity index (χ4v) is 3.06. The monoisotopic (exact) mass is 349 g/mol. The summed E-state index contributed by atoms with van der Waals surface area (Å²) in [6, 6.07) is 3.07. The number of aromatic amines is 1. The summed E-state index contributed by atoms with van der Waals surface area (Å²) < 4.78 is 32.5. The number of carbonyl (C=O) groups is 1. The highest BCUT2D eigenvalue weighted by Crippen LogP contribution is 2.35. The molecular formula is C18H21F2N3O2. The lowest BCUT2D eigenvalue weighted by Crippen LogP contribution is -2.42. The Labute approximate surface area is 145 Å². The highest BCUT2D eigenvalue weighted by Gasteiger charge is 2.34. The van der Waals surface area contributed by atoms with Crippen LogP contribution < -0.4 is 0 Å². The van der Waals surface area contributed by atoms with E-state index in [0.717, 1.165) is 17.3 Å². The van der Waals surface area contributed by atoms with E-state index in [1.807, 2.05) is 27.7 Å². The topological polar surface area (TPSA) is 58.2 Å². The number of hydrogen-bond acceptors (Lipinski definition) is 3. The van der Waals surface area contributed by atoms with Gasteiger partial charge in [0.1, 0.15) is 17.2 Å². The van der Waals surface area contributed by atoms with Crippen molar-refractivity contribution in [2.75, 3.05) is 6.54 Å². The van der Waals surface area contributed by atoms with Crippen molar-refractivity contribution in [3.05, 3.63) is 41.1 Å². The van der Waals surface area contributed by atoms with E-state index in [1.165, 1.54) is 12.1 Å². The number of nitrogens with zero attached hydrogens (tertiary/aromatic N) is 2. The van der Waals surface area contributed by atoms with Gasteiger partial charge in [-0.3, -0.25) is 10.00 Å². The summed E-state index contributed by atoms with van der Waals surface area (Å²) in [4.78, 5) is 14.0. The number of ether oxygens (including phenoxy) is 1. The van der Waals surface area contributed by atoms with Gasteiger partial charge in [0.2, 0.25) is 0 Å². The Bertz CT molecular complexity index is 791. The molecule has 1 aliphatic heterocycles. The van der Waals surface area contributed by atoms with Crippen molar-refractivity contribution in [1.29, 1.82) is 0 Å². The van der Waals surface area contributed by atoms with E-state index in [9.17, 15) is 13.6 Å². The second kappa shape index (κ2) is 6.13. The van der Waals surface area contributed by atoms with Crippen LogP contribution in [0, 0.1) is 11.6 Å². The van der Waals surface area contributed by atoms with Crippen LogP contribution in [0.25, 0.3) is 11.3 Å². The fraction of sp³-hybridized carbons (Fsp3) is 0.444. The minimum atomic E-state index is -0.647. The predicted octanol–water partition coefficient (Wildman–Crippen LogP) is 4.21. The van der Waals surface area contributed by atoms with Crippen molar-refractivity contribution < 1.29 is 18.3 Å². The van der Waals surface area contributed by atoms with Gasteiger partial charge in [-0.15, -0.1) is 0 Å². The van der Waals surface area contributed by atoms with Crippen molar-refractivity contribution in [3.8, 4) is 11.3 Å². The molecule has 0 bridgehead atoms. The van der Waals surface area contributed by atoms with Gasteiger partial charge in [0.05, 0.1) is 17.4 Å². The fourth-order valence-electron chi connectivity index (χ4n) is 3.06. The third-order valence-electron chi connectivity index (χ3n) is 4.15. The number of fused-ring (bicyclic) bond motifs is 1. The number of aromatic nitrogens is 2. The largest absolute Gasteiger partial charge is 0.444 e.